The molecule has 0 amide bonds. The number of hydrogen-bond donors (Lipinski definition) is 1. The molecule has 4 nitrogen and oxygen atoms in total. The third-order valence-corrected chi connectivity index (χ3v) is 5.87. The number of esters is 1. The van der Waals surface area contributed by atoms with Crippen LogP contribution in [0.25, 0.3) is 10.8 Å². The predicted octanol–water partition coefficient (Wildman–Crippen LogP) is 5.48. The number of fused-ring (bicyclic) bond motifs is 1. The van der Waals surface area contributed by atoms with E-state index in [-0.39, 0.29) is 5.97 Å². The van der Waals surface area contributed by atoms with Gasteiger partial charge in [-0.25, -0.2) is 0 Å². The van der Waals surface area contributed by atoms with E-state index in [2.05, 4.69) is 48.6 Å². The van der Waals surface area contributed by atoms with Crippen molar-refractivity contribution in [3.05, 3.63) is 42.0 Å². The van der Waals surface area contributed by atoms with Gasteiger partial charge in [0.25, 0.3) is 0 Å². The highest BCUT2D eigenvalue weighted by Crippen LogP contribution is 2.29. The van der Waals surface area contributed by atoms with Crippen LogP contribution in [-0.2, 0) is 16.1 Å². The average Bonchev–Trinajstić information content (AvgIpc) is 2.70. The summed E-state index contributed by atoms with van der Waals surface area (Å²) in [5, 5.41) is 5.79. The van der Waals surface area contributed by atoms with E-state index in [4.69, 9.17) is 9.47 Å². The molecular weight excluding hydrogens is 362 g/mol. The Morgan fingerprint density at radius 2 is 1.76 bits per heavy atom. The van der Waals surface area contributed by atoms with Gasteiger partial charge in [-0.2, -0.15) is 0 Å². The van der Waals surface area contributed by atoms with Crippen LogP contribution >= 0.6 is 0 Å². The second kappa shape index (κ2) is 9.62. The Morgan fingerprint density at radius 1 is 1.07 bits per heavy atom. The maximum atomic E-state index is 12.0. The minimum absolute atomic E-state index is 0.161. The summed E-state index contributed by atoms with van der Waals surface area (Å²) in [5.41, 5.74) is 0.669. The zero-order valence-electron chi connectivity index (χ0n) is 18.3. The number of benzene rings is 2. The summed E-state index contributed by atoms with van der Waals surface area (Å²) in [6, 6.07) is 12.9. The van der Waals surface area contributed by atoms with Gasteiger partial charge in [-0.15, -0.1) is 0 Å². The van der Waals surface area contributed by atoms with Gasteiger partial charge in [0.05, 0.1) is 18.1 Å². The van der Waals surface area contributed by atoms with Crippen molar-refractivity contribution in [2.45, 2.75) is 66.0 Å². The zero-order chi connectivity index (χ0) is 20.9. The first-order valence-corrected chi connectivity index (χ1v) is 10.9. The summed E-state index contributed by atoms with van der Waals surface area (Å²) in [6.07, 6.45) is 5.20. The Hall–Kier alpha value is -2.07. The number of carbonyl (C=O) groups excluding carboxylic acids is 1. The van der Waals surface area contributed by atoms with Crippen LogP contribution in [0, 0.1) is 11.3 Å². The molecule has 0 atom stereocenters. The van der Waals surface area contributed by atoms with Crippen molar-refractivity contribution in [1.82, 2.24) is 5.32 Å². The zero-order valence-corrected chi connectivity index (χ0v) is 18.3. The molecule has 29 heavy (non-hydrogen) atoms. The predicted molar refractivity (Wildman–Crippen MR) is 118 cm³/mol. The molecule has 2 aromatic carbocycles. The Labute approximate surface area is 175 Å². The van der Waals surface area contributed by atoms with Gasteiger partial charge in [0, 0.05) is 13.1 Å². The maximum absolute atomic E-state index is 12.0. The normalized spacial score (nSPS) is 19.9. The van der Waals surface area contributed by atoms with Crippen LogP contribution in [-0.4, -0.2) is 25.2 Å². The quantitative estimate of drug-likeness (QED) is 0.600. The molecule has 0 aromatic heterocycles. The molecule has 1 fully saturated rings. The fraction of sp³-hybridized carbons (Fsp3) is 0.560. The highest BCUT2D eigenvalue weighted by molar-refractivity contribution is 5.84. The molecule has 158 valence electrons. The molecule has 1 aliphatic carbocycles. The second-order valence-electron chi connectivity index (χ2n) is 9.05. The third-order valence-electron chi connectivity index (χ3n) is 5.87. The van der Waals surface area contributed by atoms with E-state index in [0.29, 0.717) is 19.3 Å². The lowest BCUT2D eigenvalue weighted by Gasteiger charge is -2.27. The van der Waals surface area contributed by atoms with Gasteiger partial charge < -0.3 is 14.8 Å². The summed E-state index contributed by atoms with van der Waals surface area (Å²) >= 11 is 0. The van der Waals surface area contributed by atoms with E-state index < -0.39 is 5.41 Å². The Kier molecular flexibility index (Phi) is 7.18. The monoisotopic (exact) mass is 397 g/mol. The molecule has 0 aliphatic heterocycles. The molecular formula is C25H35NO3. The van der Waals surface area contributed by atoms with Crippen LogP contribution in [0.5, 0.6) is 5.75 Å². The van der Waals surface area contributed by atoms with E-state index in [0.717, 1.165) is 31.1 Å². The van der Waals surface area contributed by atoms with Gasteiger partial charge in [-0.1, -0.05) is 25.1 Å². The van der Waals surface area contributed by atoms with Crippen molar-refractivity contribution in [3.8, 4) is 5.75 Å². The lowest BCUT2D eigenvalue weighted by atomic mass is 9.89. The largest absolute Gasteiger partial charge is 0.490 e. The lowest BCUT2D eigenvalue weighted by molar-refractivity contribution is -0.153. The Morgan fingerprint density at radius 3 is 2.48 bits per heavy atom. The van der Waals surface area contributed by atoms with Crippen molar-refractivity contribution in [2.75, 3.05) is 13.2 Å². The molecule has 0 saturated heterocycles. The summed E-state index contributed by atoms with van der Waals surface area (Å²) in [7, 11) is 0. The fourth-order valence-electron chi connectivity index (χ4n) is 3.91. The van der Waals surface area contributed by atoms with Crippen molar-refractivity contribution in [3.63, 3.8) is 0 Å². The average molecular weight is 398 g/mol. The highest BCUT2D eigenvalue weighted by atomic mass is 16.5. The summed E-state index contributed by atoms with van der Waals surface area (Å²) < 4.78 is 11.4. The Balaban J connectivity index is 1.57. The minimum atomic E-state index is -0.532. The minimum Gasteiger partial charge on any atom is -0.490 e. The molecule has 1 N–H and O–H groups in total. The lowest BCUT2D eigenvalue weighted by Crippen LogP contribution is -2.37. The van der Waals surface area contributed by atoms with Gasteiger partial charge >= 0.3 is 5.97 Å². The molecule has 3 rings (SSSR count). The van der Waals surface area contributed by atoms with E-state index >= 15 is 0 Å². The molecule has 2 aromatic rings. The van der Waals surface area contributed by atoms with Crippen molar-refractivity contribution in [2.24, 2.45) is 11.3 Å². The van der Waals surface area contributed by atoms with Crippen LogP contribution in [0.3, 0.4) is 0 Å². The molecule has 0 spiro atoms. The standard InChI is InChI=1S/C25H35NO3/c1-5-28-24(27)25(3,4)17-26-16-19-8-9-21-15-23(13-10-20(21)14-19)29-22-11-6-18(2)7-12-22/h8-10,13-15,18,22,26H,5-7,11-12,16-17H2,1-4H3. The van der Waals surface area contributed by atoms with Gasteiger partial charge in [-0.05, 0) is 86.9 Å². The molecule has 1 aliphatic rings. The number of rotatable bonds is 8. The van der Waals surface area contributed by atoms with E-state index in [1.165, 1.54) is 29.2 Å². The second-order valence-corrected chi connectivity index (χ2v) is 9.05. The molecule has 4 heteroatoms. The smallest absolute Gasteiger partial charge is 0.312 e. The molecule has 0 radical (unpaired) electrons. The number of carbonyl (C=O) groups is 1. The van der Waals surface area contributed by atoms with E-state index in [9.17, 15) is 4.79 Å². The van der Waals surface area contributed by atoms with Crippen molar-refractivity contribution < 1.29 is 14.3 Å². The molecule has 0 bridgehead atoms. The van der Waals surface area contributed by atoms with Gasteiger partial charge in [0.1, 0.15) is 5.75 Å². The van der Waals surface area contributed by atoms with Crippen LogP contribution < -0.4 is 10.1 Å². The summed E-state index contributed by atoms with van der Waals surface area (Å²) in [5.74, 6) is 1.64. The first-order valence-electron chi connectivity index (χ1n) is 10.9. The van der Waals surface area contributed by atoms with Gasteiger partial charge in [0.15, 0.2) is 0 Å². The first-order chi connectivity index (χ1) is 13.9. The fourth-order valence-corrected chi connectivity index (χ4v) is 3.91. The van der Waals surface area contributed by atoms with Gasteiger partial charge in [0.2, 0.25) is 0 Å². The highest BCUT2D eigenvalue weighted by Gasteiger charge is 2.28. The molecule has 1 saturated carbocycles. The SMILES string of the molecule is CCOC(=O)C(C)(C)CNCc1ccc2cc(OC3CCC(C)CC3)ccc2c1. The molecule has 0 unspecified atom stereocenters. The topological polar surface area (TPSA) is 47.6 Å². The first kappa shape index (κ1) is 21.6. The number of ether oxygens (including phenoxy) is 2. The summed E-state index contributed by atoms with van der Waals surface area (Å²) in [4.78, 5) is 12.0. The van der Waals surface area contributed by atoms with Crippen LogP contribution in [0.15, 0.2) is 36.4 Å². The van der Waals surface area contributed by atoms with Crippen molar-refractivity contribution in [1.29, 1.82) is 0 Å². The number of hydrogen-bond acceptors (Lipinski definition) is 4. The molecule has 0 heterocycles. The van der Waals surface area contributed by atoms with Crippen LogP contribution in [0.1, 0.15) is 58.9 Å². The van der Waals surface area contributed by atoms with Crippen LogP contribution in [0.4, 0.5) is 0 Å². The van der Waals surface area contributed by atoms with Crippen molar-refractivity contribution >= 4 is 16.7 Å². The number of nitrogens with one attached hydrogen (secondary N) is 1. The van der Waals surface area contributed by atoms with E-state index in [1.54, 1.807) is 0 Å². The third kappa shape index (κ3) is 5.96. The van der Waals surface area contributed by atoms with Gasteiger partial charge in [-0.3, -0.25) is 4.79 Å². The van der Waals surface area contributed by atoms with Crippen LogP contribution in [0.2, 0.25) is 0 Å². The maximum Gasteiger partial charge on any atom is 0.312 e. The Bertz CT molecular complexity index is 822. The van der Waals surface area contributed by atoms with E-state index in [1.807, 2.05) is 20.8 Å². The summed E-state index contributed by atoms with van der Waals surface area (Å²) in [6.45, 7) is 9.70.